The SMILES string of the molecule is Cc1cc(C)c2sc(N(CCN(C)C)C(=O)c3ccc(S(=O)(=O)N4CCCC4)cc3)nc2c1.Cl. The number of aryl methyl sites for hydroxylation is 2. The Bertz CT molecular complexity index is 1270. The van der Waals surface area contributed by atoms with E-state index in [-0.39, 0.29) is 23.2 Å². The third-order valence-electron chi connectivity index (χ3n) is 5.86. The molecule has 0 bridgehead atoms. The average Bonchev–Trinajstić information content (AvgIpc) is 3.44. The van der Waals surface area contributed by atoms with Crippen molar-refractivity contribution in [2.24, 2.45) is 0 Å². The fourth-order valence-electron chi connectivity index (χ4n) is 4.07. The first-order valence-corrected chi connectivity index (χ1v) is 13.4. The van der Waals surface area contributed by atoms with Gasteiger partial charge in [0.05, 0.1) is 15.1 Å². The molecule has 0 atom stereocenters. The fraction of sp³-hybridized carbons (Fsp3) is 0.417. The van der Waals surface area contributed by atoms with Crippen molar-refractivity contribution in [3.05, 3.63) is 53.1 Å². The van der Waals surface area contributed by atoms with Crippen LogP contribution >= 0.6 is 23.7 Å². The van der Waals surface area contributed by atoms with Crippen LogP contribution in [0, 0.1) is 13.8 Å². The number of halogens is 1. The van der Waals surface area contributed by atoms with Crippen molar-refractivity contribution >= 4 is 55.0 Å². The number of amides is 1. The molecule has 3 aromatic rings. The molecule has 1 aliphatic rings. The van der Waals surface area contributed by atoms with E-state index in [1.54, 1.807) is 17.0 Å². The van der Waals surface area contributed by atoms with Crippen LogP contribution in [0.4, 0.5) is 5.13 Å². The lowest BCUT2D eigenvalue weighted by molar-refractivity contribution is 0.0985. The Morgan fingerprint density at radius 2 is 1.71 bits per heavy atom. The summed E-state index contributed by atoms with van der Waals surface area (Å²) in [6.07, 6.45) is 1.77. The van der Waals surface area contributed by atoms with Gasteiger partial charge in [-0.05, 0) is 82.2 Å². The van der Waals surface area contributed by atoms with Crippen molar-refractivity contribution in [3.8, 4) is 0 Å². The second-order valence-electron chi connectivity index (χ2n) is 8.82. The largest absolute Gasteiger partial charge is 0.308 e. The zero-order valence-electron chi connectivity index (χ0n) is 19.9. The number of benzene rings is 2. The molecule has 2 aromatic carbocycles. The molecule has 1 aliphatic heterocycles. The Morgan fingerprint density at radius 1 is 1.06 bits per heavy atom. The predicted molar refractivity (Wildman–Crippen MR) is 141 cm³/mol. The summed E-state index contributed by atoms with van der Waals surface area (Å²) < 4.78 is 28.2. The van der Waals surface area contributed by atoms with Gasteiger partial charge < -0.3 is 4.90 Å². The molecule has 0 saturated carbocycles. The number of hydrogen-bond donors (Lipinski definition) is 0. The Hall–Kier alpha value is -2.04. The molecular formula is C24H31ClN4O3S2. The molecule has 0 N–H and O–H groups in total. The molecule has 1 fully saturated rings. The van der Waals surface area contributed by atoms with Crippen LogP contribution in [0.3, 0.4) is 0 Å². The van der Waals surface area contributed by atoms with Gasteiger partial charge in [0.1, 0.15) is 0 Å². The van der Waals surface area contributed by atoms with E-state index >= 15 is 0 Å². The van der Waals surface area contributed by atoms with Crippen LogP contribution in [0.1, 0.15) is 34.3 Å². The Kier molecular flexibility index (Phi) is 8.36. The number of aromatic nitrogens is 1. The van der Waals surface area contributed by atoms with Gasteiger partial charge in [-0.1, -0.05) is 17.4 Å². The van der Waals surface area contributed by atoms with Gasteiger partial charge >= 0.3 is 0 Å². The summed E-state index contributed by atoms with van der Waals surface area (Å²) >= 11 is 1.51. The first-order valence-electron chi connectivity index (χ1n) is 11.1. The number of thiazole rings is 1. The van der Waals surface area contributed by atoms with Crippen LogP contribution in [0.2, 0.25) is 0 Å². The summed E-state index contributed by atoms with van der Waals surface area (Å²) in [5.41, 5.74) is 3.62. The summed E-state index contributed by atoms with van der Waals surface area (Å²) in [4.78, 5) is 22.2. The highest BCUT2D eigenvalue weighted by Gasteiger charge is 2.28. The summed E-state index contributed by atoms with van der Waals surface area (Å²) in [6, 6.07) is 10.5. The molecule has 4 rings (SSSR count). The molecule has 0 spiro atoms. The molecular weight excluding hydrogens is 492 g/mol. The van der Waals surface area contributed by atoms with Gasteiger partial charge in [-0.25, -0.2) is 13.4 Å². The number of anilines is 1. The smallest absolute Gasteiger partial charge is 0.260 e. The molecule has 0 aliphatic carbocycles. The number of fused-ring (bicyclic) bond motifs is 1. The maximum atomic E-state index is 13.5. The number of rotatable bonds is 7. The molecule has 1 saturated heterocycles. The highest BCUT2D eigenvalue weighted by atomic mass is 35.5. The van der Waals surface area contributed by atoms with E-state index in [4.69, 9.17) is 4.98 Å². The van der Waals surface area contributed by atoms with Gasteiger partial charge in [0, 0.05) is 31.7 Å². The van der Waals surface area contributed by atoms with Crippen molar-refractivity contribution in [3.63, 3.8) is 0 Å². The van der Waals surface area contributed by atoms with Crippen LogP contribution in [0.25, 0.3) is 10.2 Å². The first kappa shape index (κ1) is 26.6. The van der Waals surface area contributed by atoms with E-state index in [2.05, 4.69) is 13.0 Å². The molecule has 10 heteroatoms. The van der Waals surface area contributed by atoms with Crippen molar-refractivity contribution in [1.82, 2.24) is 14.2 Å². The maximum absolute atomic E-state index is 13.5. The maximum Gasteiger partial charge on any atom is 0.260 e. The van der Waals surface area contributed by atoms with Crippen LogP contribution < -0.4 is 4.90 Å². The Labute approximate surface area is 211 Å². The van der Waals surface area contributed by atoms with E-state index in [9.17, 15) is 13.2 Å². The van der Waals surface area contributed by atoms with Gasteiger partial charge in [-0.3, -0.25) is 9.69 Å². The summed E-state index contributed by atoms with van der Waals surface area (Å²) in [5, 5.41) is 0.652. The third kappa shape index (κ3) is 5.44. The standard InChI is InChI=1S/C24H30N4O3S2.ClH/c1-17-15-18(2)22-21(16-17)25-24(32-22)28(14-13-26(3)4)23(29)19-7-9-20(10-8-19)33(30,31)27-11-5-6-12-27;/h7-10,15-16H,5-6,11-14H2,1-4H3;1H. The molecule has 34 heavy (non-hydrogen) atoms. The Balaban J connectivity index is 0.00000324. The third-order valence-corrected chi connectivity index (χ3v) is 9.00. The molecule has 7 nitrogen and oxygen atoms in total. The molecule has 0 radical (unpaired) electrons. The molecule has 184 valence electrons. The number of carbonyl (C=O) groups excluding carboxylic acids is 1. The van der Waals surface area contributed by atoms with Crippen molar-refractivity contribution < 1.29 is 13.2 Å². The minimum Gasteiger partial charge on any atom is -0.308 e. The minimum atomic E-state index is -3.51. The van der Waals surface area contributed by atoms with Gasteiger partial charge in [0.25, 0.3) is 5.91 Å². The Morgan fingerprint density at radius 3 is 2.32 bits per heavy atom. The quantitative estimate of drug-likeness (QED) is 0.462. The number of nitrogens with zero attached hydrogens (tertiary/aromatic N) is 4. The summed E-state index contributed by atoms with van der Waals surface area (Å²) in [6.45, 7) is 6.37. The van der Waals surface area contributed by atoms with Crippen LogP contribution in [0.5, 0.6) is 0 Å². The molecule has 1 aromatic heterocycles. The summed E-state index contributed by atoms with van der Waals surface area (Å²) in [5.74, 6) is -0.185. The monoisotopic (exact) mass is 522 g/mol. The molecule has 2 heterocycles. The minimum absolute atomic E-state index is 0. The lowest BCUT2D eigenvalue weighted by atomic mass is 10.1. The van der Waals surface area contributed by atoms with Gasteiger partial charge in [0.15, 0.2) is 5.13 Å². The number of sulfonamides is 1. The number of carbonyl (C=O) groups is 1. The highest BCUT2D eigenvalue weighted by Crippen LogP contribution is 2.33. The highest BCUT2D eigenvalue weighted by molar-refractivity contribution is 7.89. The van der Waals surface area contributed by atoms with Crippen LogP contribution in [0.15, 0.2) is 41.3 Å². The predicted octanol–water partition coefficient (Wildman–Crippen LogP) is 4.33. The summed E-state index contributed by atoms with van der Waals surface area (Å²) in [7, 11) is 0.420. The second-order valence-corrected chi connectivity index (χ2v) is 11.7. The fourth-order valence-corrected chi connectivity index (χ4v) is 6.62. The topological polar surface area (TPSA) is 73.8 Å². The van der Waals surface area contributed by atoms with E-state index in [1.165, 1.54) is 27.8 Å². The lowest BCUT2D eigenvalue weighted by Gasteiger charge is -2.22. The normalized spacial score (nSPS) is 14.5. The van der Waals surface area contributed by atoms with Crippen molar-refractivity contribution in [1.29, 1.82) is 0 Å². The molecule has 0 unspecified atom stereocenters. The number of likely N-dealkylation sites (N-methyl/N-ethyl adjacent to an activating group) is 1. The first-order chi connectivity index (χ1) is 15.7. The number of hydrogen-bond acceptors (Lipinski definition) is 6. The zero-order valence-corrected chi connectivity index (χ0v) is 22.4. The second kappa shape index (κ2) is 10.7. The average molecular weight is 523 g/mol. The van der Waals surface area contributed by atoms with E-state index < -0.39 is 10.0 Å². The van der Waals surface area contributed by atoms with Gasteiger partial charge in [-0.15, -0.1) is 12.4 Å². The lowest BCUT2D eigenvalue weighted by Crippen LogP contribution is -2.36. The van der Waals surface area contributed by atoms with Gasteiger partial charge in [-0.2, -0.15) is 4.31 Å². The van der Waals surface area contributed by atoms with Crippen LogP contribution in [-0.4, -0.2) is 68.8 Å². The van der Waals surface area contributed by atoms with E-state index in [1.807, 2.05) is 32.0 Å². The van der Waals surface area contributed by atoms with E-state index in [0.717, 1.165) is 34.2 Å². The van der Waals surface area contributed by atoms with E-state index in [0.29, 0.717) is 36.9 Å². The van der Waals surface area contributed by atoms with Gasteiger partial charge in [0.2, 0.25) is 10.0 Å². The van der Waals surface area contributed by atoms with Crippen LogP contribution in [-0.2, 0) is 10.0 Å². The zero-order chi connectivity index (χ0) is 23.8. The van der Waals surface area contributed by atoms with Crippen molar-refractivity contribution in [2.75, 3.05) is 45.2 Å². The molecule has 1 amide bonds. The van der Waals surface area contributed by atoms with Crippen molar-refractivity contribution in [2.45, 2.75) is 31.6 Å².